The Kier molecular flexibility index (Phi) is 4.17. The van der Waals surface area contributed by atoms with Crippen molar-refractivity contribution in [2.24, 2.45) is 5.92 Å². The summed E-state index contributed by atoms with van der Waals surface area (Å²) in [4.78, 5) is 25.8. The lowest BCUT2D eigenvalue weighted by atomic mass is 9.91. The van der Waals surface area contributed by atoms with E-state index in [0.717, 1.165) is 16.6 Å². The van der Waals surface area contributed by atoms with Crippen LogP contribution >= 0.6 is 15.9 Å². The molecule has 0 unspecified atom stereocenters. The van der Waals surface area contributed by atoms with E-state index in [1.165, 1.54) is 0 Å². The average molecular weight is 310 g/mol. The van der Waals surface area contributed by atoms with E-state index in [4.69, 9.17) is 0 Å². The van der Waals surface area contributed by atoms with Gasteiger partial charge in [0.15, 0.2) is 0 Å². The topological polar surface area (TPSA) is 37.4 Å². The van der Waals surface area contributed by atoms with Gasteiger partial charge in [-0.3, -0.25) is 9.59 Å². The third-order valence-corrected chi connectivity index (χ3v) is 3.79. The van der Waals surface area contributed by atoms with Crippen molar-refractivity contribution < 1.29 is 9.59 Å². The van der Waals surface area contributed by atoms with Gasteiger partial charge in [0.05, 0.1) is 5.92 Å². The highest BCUT2D eigenvalue weighted by molar-refractivity contribution is 9.10. The van der Waals surface area contributed by atoms with E-state index in [-0.39, 0.29) is 11.7 Å². The Balaban J connectivity index is 2.23. The fourth-order valence-corrected chi connectivity index (χ4v) is 2.71. The van der Waals surface area contributed by atoms with Gasteiger partial charge in [-0.15, -0.1) is 0 Å². The first-order valence-electron chi connectivity index (χ1n) is 6.23. The van der Waals surface area contributed by atoms with Gasteiger partial charge in [0.25, 0.3) is 0 Å². The van der Waals surface area contributed by atoms with Crippen molar-refractivity contribution >= 4 is 33.3 Å². The second kappa shape index (κ2) is 5.65. The van der Waals surface area contributed by atoms with Crippen LogP contribution in [0.5, 0.6) is 0 Å². The van der Waals surface area contributed by atoms with Crippen molar-refractivity contribution in [3.63, 3.8) is 0 Å². The van der Waals surface area contributed by atoms with E-state index in [1.54, 1.807) is 4.90 Å². The molecule has 1 fully saturated rings. The maximum absolute atomic E-state index is 12.3. The van der Waals surface area contributed by atoms with Crippen molar-refractivity contribution in [2.45, 2.75) is 26.2 Å². The Labute approximate surface area is 115 Å². The van der Waals surface area contributed by atoms with Gasteiger partial charge in [0.2, 0.25) is 5.91 Å². The lowest BCUT2D eigenvalue weighted by Crippen LogP contribution is -2.44. The molecule has 0 N–H and O–H groups in total. The molecule has 1 saturated heterocycles. The number of benzene rings is 1. The largest absolute Gasteiger partial charge is 0.312 e. The number of Topliss-reactive ketones (excluding diaryl/α,β-unsaturated/α-hetero) is 1. The number of nitrogens with zero attached hydrogens (tertiary/aromatic N) is 1. The first-order valence-corrected chi connectivity index (χ1v) is 7.02. The molecule has 2 rings (SSSR count). The molecule has 18 heavy (non-hydrogen) atoms. The van der Waals surface area contributed by atoms with Gasteiger partial charge in [0, 0.05) is 23.1 Å². The fraction of sp³-hybridized carbons (Fsp3) is 0.429. The highest BCUT2D eigenvalue weighted by atomic mass is 79.9. The number of amides is 1. The average Bonchev–Trinajstić information content (AvgIpc) is 2.38. The number of rotatable bonds is 3. The molecule has 96 valence electrons. The highest BCUT2D eigenvalue weighted by Gasteiger charge is 2.33. The van der Waals surface area contributed by atoms with E-state index in [0.29, 0.717) is 19.4 Å². The third-order valence-electron chi connectivity index (χ3n) is 3.30. The molecule has 0 bridgehead atoms. The summed E-state index contributed by atoms with van der Waals surface area (Å²) in [6.07, 6.45) is 2.01. The summed E-state index contributed by atoms with van der Waals surface area (Å²) in [6, 6.07) is 7.64. The van der Waals surface area contributed by atoms with E-state index in [2.05, 4.69) is 15.9 Å². The van der Waals surface area contributed by atoms with Crippen molar-refractivity contribution in [1.29, 1.82) is 0 Å². The molecule has 1 amide bonds. The smallest absolute Gasteiger partial charge is 0.237 e. The minimum atomic E-state index is -0.442. The zero-order valence-corrected chi connectivity index (χ0v) is 11.9. The minimum Gasteiger partial charge on any atom is -0.312 e. The second-order valence-electron chi connectivity index (χ2n) is 4.48. The normalized spacial score (nSPS) is 20.0. The van der Waals surface area contributed by atoms with Crippen molar-refractivity contribution in [3.05, 3.63) is 28.7 Å². The number of anilines is 1. The van der Waals surface area contributed by atoms with Crippen molar-refractivity contribution in [1.82, 2.24) is 0 Å². The van der Waals surface area contributed by atoms with Gasteiger partial charge in [-0.05, 0) is 31.0 Å². The van der Waals surface area contributed by atoms with Crippen LogP contribution in [-0.2, 0) is 9.59 Å². The molecule has 4 heteroatoms. The van der Waals surface area contributed by atoms with Crippen LogP contribution in [0.2, 0.25) is 0 Å². The summed E-state index contributed by atoms with van der Waals surface area (Å²) in [5, 5.41) is 0. The molecule has 0 saturated carbocycles. The van der Waals surface area contributed by atoms with Crippen LogP contribution in [0, 0.1) is 5.92 Å². The number of carbonyl (C=O) groups excluding carboxylic acids is 2. The summed E-state index contributed by atoms with van der Waals surface area (Å²) >= 11 is 3.40. The van der Waals surface area contributed by atoms with Crippen LogP contribution in [0.25, 0.3) is 0 Å². The molecule has 1 aromatic rings. The van der Waals surface area contributed by atoms with Gasteiger partial charge in [-0.1, -0.05) is 28.9 Å². The number of ketones is 1. The fourth-order valence-electron chi connectivity index (χ4n) is 2.32. The number of hydrogen-bond donors (Lipinski definition) is 0. The molecule has 1 heterocycles. The number of carbonyl (C=O) groups is 2. The van der Waals surface area contributed by atoms with Crippen LogP contribution in [0.4, 0.5) is 5.69 Å². The summed E-state index contributed by atoms with van der Waals surface area (Å²) in [6.45, 7) is 2.51. The minimum absolute atomic E-state index is 0.0498. The quantitative estimate of drug-likeness (QED) is 0.804. The maximum Gasteiger partial charge on any atom is 0.237 e. The standard InChI is InChI=1S/C14H16BrNO2/c1-2-13(17)12-7-4-8-16(14(12)18)11-6-3-5-10(15)9-11/h3,5-6,9,12H,2,4,7-8H2,1H3/t12-/m1/s1. The Morgan fingerprint density at radius 1 is 1.50 bits per heavy atom. The van der Waals surface area contributed by atoms with Gasteiger partial charge in [-0.2, -0.15) is 0 Å². The van der Waals surface area contributed by atoms with Gasteiger partial charge in [-0.25, -0.2) is 0 Å². The number of piperidine rings is 1. The van der Waals surface area contributed by atoms with Crippen LogP contribution < -0.4 is 4.90 Å². The van der Waals surface area contributed by atoms with Crippen molar-refractivity contribution in [2.75, 3.05) is 11.4 Å². The van der Waals surface area contributed by atoms with E-state index < -0.39 is 5.92 Å². The van der Waals surface area contributed by atoms with Crippen molar-refractivity contribution in [3.8, 4) is 0 Å². The lowest BCUT2D eigenvalue weighted by Gasteiger charge is -2.31. The molecular weight excluding hydrogens is 294 g/mol. The Bertz CT molecular complexity index is 473. The molecule has 0 radical (unpaired) electrons. The maximum atomic E-state index is 12.3. The molecule has 1 atom stereocenters. The molecule has 3 nitrogen and oxygen atoms in total. The third kappa shape index (κ3) is 2.64. The van der Waals surface area contributed by atoms with Gasteiger partial charge >= 0.3 is 0 Å². The van der Waals surface area contributed by atoms with Crippen LogP contribution in [0.3, 0.4) is 0 Å². The monoisotopic (exact) mass is 309 g/mol. The molecular formula is C14H16BrNO2. The summed E-state index contributed by atoms with van der Waals surface area (Å²) in [5.74, 6) is -0.436. The molecule has 0 aliphatic carbocycles. The molecule has 1 aliphatic rings. The predicted octanol–water partition coefficient (Wildman–Crippen LogP) is 3.17. The van der Waals surface area contributed by atoms with Crippen LogP contribution in [-0.4, -0.2) is 18.2 Å². The molecule has 0 aromatic heterocycles. The summed E-state index contributed by atoms with van der Waals surface area (Å²) < 4.78 is 0.941. The first-order chi connectivity index (χ1) is 8.63. The first kappa shape index (κ1) is 13.3. The Morgan fingerprint density at radius 3 is 2.94 bits per heavy atom. The van der Waals surface area contributed by atoms with Gasteiger partial charge < -0.3 is 4.90 Å². The Hall–Kier alpha value is -1.16. The zero-order chi connectivity index (χ0) is 13.1. The molecule has 1 aliphatic heterocycles. The second-order valence-corrected chi connectivity index (χ2v) is 5.40. The summed E-state index contributed by atoms with van der Waals surface area (Å²) in [5.41, 5.74) is 0.864. The highest BCUT2D eigenvalue weighted by Crippen LogP contribution is 2.27. The van der Waals surface area contributed by atoms with Crippen LogP contribution in [0.1, 0.15) is 26.2 Å². The van der Waals surface area contributed by atoms with E-state index >= 15 is 0 Å². The Morgan fingerprint density at radius 2 is 2.28 bits per heavy atom. The number of hydrogen-bond acceptors (Lipinski definition) is 2. The SMILES string of the molecule is CCC(=O)[C@H]1CCCN(c2cccc(Br)c2)C1=O. The summed E-state index contributed by atoms with van der Waals surface area (Å²) in [7, 11) is 0. The van der Waals surface area contributed by atoms with E-state index in [9.17, 15) is 9.59 Å². The van der Waals surface area contributed by atoms with E-state index in [1.807, 2.05) is 31.2 Å². The van der Waals surface area contributed by atoms with Gasteiger partial charge in [0.1, 0.15) is 5.78 Å². The predicted molar refractivity (Wildman–Crippen MR) is 74.5 cm³/mol. The van der Waals surface area contributed by atoms with Crippen LogP contribution in [0.15, 0.2) is 28.7 Å². The molecule has 1 aromatic carbocycles. The number of halogens is 1. The lowest BCUT2D eigenvalue weighted by molar-refractivity contribution is -0.133. The molecule has 0 spiro atoms. The zero-order valence-electron chi connectivity index (χ0n) is 10.4.